The molecule has 1 aromatic rings. The van der Waals surface area contributed by atoms with Crippen molar-refractivity contribution in [2.24, 2.45) is 10.7 Å². The molecule has 0 aromatic heterocycles. The van der Waals surface area contributed by atoms with Crippen molar-refractivity contribution in [3.05, 3.63) is 23.3 Å². The van der Waals surface area contributed by atoms with Gasteiger partial charge in [0.05, 0.1) is 19.7 Å². The number of hydrogen-bond acceptors (Lipinski definition) is 5. The number of rotatable bonds is 4. The largest absolute Gasteiger partial charge is 0.496 e. The van der Waals surface area contributed by atoms with Crippen LogP contribution in [-0.4, -0.2) is 37.2 Å². The van der Waals surface area contributed by atoms with E-state index in [4.69, 9.17) is 15.2 Å². The van der Waals surface area contributed by atoms with Crippen LogP contribution in [-0.2, 0) is 6.42 Å². The first-order chi connectivity index (χ1) is 10.1. The molecule has 21 heavy (non-hydrogen) atoms. The van der Waals surface area contributed by atoms with Gasteiger partial charge in [0.15, 0.2) is 5.96 Å². The van der Waals surface area contributed by atoms with Crippen molar-refractivity contribution in [2.45, 2.75) is 38.8 Å². The van der Waals surface area contributed by atoms with Gasteiger partial charge in [-0.05, 0) is 25.5 Å². The van der Waals surface area contributed by atoms with Gasteiger partial charge >= 0.3 is 0 Å². The van der Waals surface area contributed by atoms with Gasteiger partial charge in [-0.25, -0.2) is 0 Å². The molecule has 0 radical (unpaired) electrons. The molecule has 5 nitrogen and oxygen atoms in total. The van der Waals surface area contributed by atoms with Crippen LogP contribution in [0.4, 0.5) is 0 Å². The molecule has 2 unspecified atom stereocenters. The Kier molecular flexibility index (Phi) is 3.66. The summed E-state index contributed by atoms with van der Waals surface area (Å²) in [5, 5.41) is 0. The van der Waals surface area contributed by atoms with Gasteiger partial charge < -0.3 is 20.1 Å². The summed E-state index contributed by atoms with van der Waals surface area (Å²) in [5.74, 6) is 2.50. The third-order valence-corrected chi connectivity index (χ3v) is 4.17. The smallest absolute Gasteiger partial charge is 0.191 e. The molecule has 5 heteroatoms. The minimum absolute atomic E-state index is 0.143. The van der Waals surface area contributed by atoms with Crippen molar-refractivity contribution in [3.8, 4) is 11.5 Å². The SMILES string of the molecule is CCCN1C(N)=NCC1c1cc2c(cc1OC)CC(C)O2. The number of ether oxygens (including phenoxy) is 2. The van der Waals surface area contributed by atoms with Crippen molar-refractivity contribution in [2.75, 3.05) is 20.2 Å². The Morgan fingerprint density at radius 3 is 3.00 bits per heavy atom. The van der Waals surface area contributed by atoms with Crippen LogP contribution in [0.15, 0.2) is 17.1 Å². The van der Waals surface area contributed by atoms with Crippen LogP contribution in [0.1, 0.15) is 37.4 Å². The van der Waals surface area contributed by atoms with Crippen molar-refractivity contribution in [1.29, 1.82) is 0 Å². The maximum absolute atomic E-state index is 6.02. The number of methoxy groups -OCH3 is 1. The topological polar surface area (TPSA) is 60.1 Å². The summed E-state index contributed by atoms with van der Waals surface area (Å²) >= 11 is 0. The number of benzene rings is 1. The zero-order valence-corrected chi connectivity index (χ0v) is 12.9. The van der Waals surface area contributed by atoms with E-state index in [1.54, 1.807) is 7.11 Å². The van der Waals surface area contributed by atoms with E-state index in [1.807, 2.05) is 0 Å². The maximum atomic E-state index is 6.02. The van der Waals surface area contributed by atoms with Gasteiger partial charge in [0.2, 0.25) is 0 Å². The molecule has 0 spiro atoms. The van der Waals surface area contributed by atoms with Crippen LogP contribution in [0, 0.1) is 0 Å². The molecule has 114 valence electrons. The van der Waals surface area contributed by atoms with Gasteiger partial charge in [0.1, 0.15) is 17.6 Å². The van der Waals surface area contributed by atoms with E-state index in [-0.39, 0.29) is 12.1 Å². The van der Waals surface area contributed by atoms with Crippen molar-refractivity contribution in [3.63, 3.8) is 0 Å². The average Bonchev–Trinajstić information content (AvgIpc) is 3.00. The van der Waals surface area contributed by atoms with Gasteiger partial charge in [-0.1, -0.05) is 6.92 Å². The Hall–Kier alpha value is -1.91. The van der Waals surface area contributed by atoms with Crippen LogP contribution >= 0.6 is 0 Å². The van der Waals surface area contributed by atoms with Crippen LogP contribution in [0.5, 0.6) is 11.5 Å². The number of aliphatic imine (C=N–C) groups is 1. The molecule has 2 aliphatic rings. The summed E-state index contributed by atoms with van der Waals surface area (Å²) in [6.07, 6.45) is 2.21. The zero-order valence-electron chi connectivity index (χ0n) is 12.9. The van der Waals surface area contributed by atoms with E-state index in [1.165, 1.54) is 5.56 Å². The highest BCUT2D eigenvalue weighted by atomic mass is 16.5. The normalized spacial score (nSPS) is 23.8. The molecule has 3 rings (SSSR count). The Morgan fingerprint density at radius 1 is 1.48 bits per heavy atom. The number of nitrogens with two attached hydrogens (primary N) is 1. The molecule has 2 N–H and O–H groups in total. The van der Waals surface area contributed by atoms with Crippen LogP contribution in [0.3, 0.4) is 0 Å². The fourth-order valence-corrected chi connectivity index (χ4v) is 3.20. The zero-order chi connectivity index (χ0) is 15.0. The lowest BCUT2D eigenvalue weighted by molar-refractivity contribution is 0.253. The highest BCUT2D eigenvalue weighted by Gasteiger charge is 2.31. The molecule has 0 amide bonds. The number of guanidine groups is 1. The van der Waals surface area contributed by atoms with Crippen LogP contribution in [0.2, 0.25) is 0 Å². The lowest BCUT2D eigenvalue weighted by Crippen LogP contribution is -2.36. The molecule has 0 bridgehead atoms. The molecule has 2 aliphatic heterocycles. The van der Waals surface area contributed by atoms with Crippen molar-refractivity contribution < 1.29 is 9.47 Å². The summed E-state index contributed by atoms with van der Waals surface area (Å²) < 4.78 is 11.5. The lowest BCUT2D eigenvalue weighted by atomic mass is 10.0. The third kappa shape index (κ3) is 2.41. The first kappa shape index (κ1) is 14.0. The van der Waals surface area contributed by atoms with Crippen LogP contribution in [0.25, 0.3) is 0 Å². The molecule has 0 saturated heterocycles. The van der Waals surface area contributed by atoms with E-state index in [0.29, 0.717) is 12.5 Å². The molecule has 1 aromatic carbocycles. The van der Waals surface area contributed by atoms with Crippen molar-refractivity contribution >= 4 is 5.96 Å². The first-order valence-corrected chi connectivity index (χ1v) is 7.58. The van der Waals surface area contributed by atoms with E-state index >= 15 is 0 Å². The monoisotopic (exact) mass is 289 g/mol. The molecular formula is C16H23N3O2. The number of nitrogens with zero attached hydrogens (tertiary/aromatic N) is 2. The molecule has 0 aliphatic carbocycles. The Labute approximate surface area is 125 Å². The first-order valence-electron chi connectivity index (χ1n) is 7.58. The summed E-state index contributed by atoms with van der Waals surface area (Å²) in [6.45, 7) is 5.81. The van der Waals surface area contributed by atoms with E-state index in [9.17, 15) is 0 Å². The lowest BCUT2D eigenvalue weighted by Gasteiger charge is -2.27. The Morgan fingerprint density at radius 2 is 2.29 bits per heavy atom. The second-order valence-corrected chi connectivity index (χ2v) is 5.74. The highest BCUT2D eigenvalue weighted by molar-refractivity contribution is 5.80. The molecule has 2 heterocycles. The van der Waals surface area contributed by atoms with E-state index in [0.717, 1.165) is 36.4 Å². The van der Waals surface area contributed by atoms with Crippen molar-refractivity contribution in [1.82, 2.24) is 4.90 Å². The minimum atomic E-state index is 0.143. The van der Waals surface area contributed by atoms with E-state index < -0.39 is 0 Å². The predicted molar refractivity (Wildman–Crippen MR) is 83.0 cm³/mol. The minimum Gasteiger partial charge on any atom is -0.496 e. The molecule has 0 fully saturated rings. The quantitative estimate of drug-likeness (QED) is 0.922. The fourth-order valence-electron chi connectivity index (χ4n) is 3.20. The second-order valence-electron chi connectivity index (χ2n) is 5.74. The summed E-state index contributed by atoms with van der Waals surface area (Å²) in [5.41, 5.74) is 8.36. The average molecular weight is 289 g/mol. The van der Waals surface area contributed by atoms with Gasteiger partial charge in [0, 0.05) is 24.1 Å². The Balaban J connectivity index is 1.97. The van der Waals surface area contributed by atoms with Gasteiger partial charge in [-0.3, -0.25) is 4.99 Å². The van der Waals surface area contributed by atoms with Crippen LogP contribution < -0.4 is 15.2 Å². The maximum Gasteiger partial charge on any atom is 0.191 e. The molecular weight excluding hydrogens is 266 g/mol. The molecule has 2 atom stereocenters. The number of fused-ring (bicyclic) bond motifs is 1. The standard InChI is InChI=1S/C16H23N3O2/c1-4-5-19-13(9-18-16(19)17)12-8-14-11(6-10(2)21-14)7-15(12)20-3/h7-8,10,13H,4-6,9H2,1-3H3,(H2,17,18). The third-order valence-electron chi connectivity index (χ3n) is 4.17. The highest BCUT2D eigenvalue weighted by Crippen LogP contribution is 2.40. The van der Waals surface area contributed by atoms with Gasteiger partial charge in [-0.15, -0.1) is 0 Å². The summed E-state index contributed by atoms with van der Waals surface area (Å²) in [7, 11) is 1.72. The summed E-state index contributed by atoms with van der Waals surface area (Å²) in [4.78, 5) is 6.56. The number of hydrogen-bond donors (Lipinski definition) is 1. The fraction of sp³-hybridized carbons (Fsp3) is 0.562. The Bertz CT molecular complexity index is 571. The summed E-state index contributed by atoms with van der Waals surface area (Å²) in [6, 6.07) is 4.36. The van der Waals surface area contributed by atoms with E-state index in [2.05, 4.69) is 35.9 Å². The van der Waals surface area contributed by atoms with Gasteiger partial charge in [-0.2, -0.15) is 0 Å². The molecule has 0 saturated carbocycles. The van der Waals surface area contributed by atoms with Gasteiger partial charge in [0.25, 0.3) is 0 Å². The predicted octanol–water partition coefficient (Wildman–Crippen LogP) is 2.10. The second kappa shape index (κ2) is 5.47.